The van der Waals surface area contributed by atoms with Gasteiger partial charge in [-0.05, 0) is 37.3 Å². The molecule has 1 heterocycles. The highest BCUT2D eigenvalue weighted by Crippen LogP contribution is 2.24. The largest absolute Gasteiger partial charge is 0.322 e. The number of aromatic nitrogens is 1. The van der Waals surface area contributed by atoms with Gasteiger partial charge in [-0.2, -0.15) is 0 Å². The van der Waals surface area contributed by atoms with E-state index in [4.69, 9.17) is 0 Å². The summed E-state index contributed by atoms with van der Waals surface area (Å²) in [5, 5.41) is 3.66. The van der Waals surface area contributed by atoms with Crippen molar-refractivity contribution in [3.8, 4) is 0 Å². The van der Waals surface area contributed by atoms with E-state index in [2.05, 4.69) is 10.3 Å². The number of aryl methyl sites for hydroxylation is 1. The van der Waals surface area contributed by atoms with Gasteiger partial charge in [-0.25, -0.2) is 9.37 Å². The van der Waals surface area contributed by atoms with E-state index in [1.807, 2.05) is 13.0 Å². The zero-order valence-electron chi connectivity index (χ0n) is 10.7. The van der Waals surface area contributed by atoms with Crippen LogP contribution in [0.2, 0.25) is 0 Å². The number of amides is 1. The molecule has 0 saturated carbocycles. The Hall–Kier alpha value is -2.27. The molecule has 3 rings (SSSR count). The summed E-state index contributed by atoms with van der Waals surface area (Å²) < 4.78 is 14.6. The van der Waals surface area contributed by atoms with Crippen LogP contribution in [0, 0.1) is 12.7 Å². The second kappa shape index (κ2) is 5.02. The summed E-state index contributed by atoms with van der Waals surface area (Å²) in [6.45, 7) is 1.93. The molecule has 0 fully saturated rings. The monoisotopic (exact) mass is 286 g/mol. The average Bonchev–Trinajstić information content (AvgIpc) is 2.78. The topological polar surface area (TPSA) is 42.0 Å². The van der Waals surface area contributed by atoms with Crippen LogP contribution >= 0.6 is 11.3 Å². The Balaban J connectivity index is 1.89. The first-order valence-electron chi connectivity index (χ1n) is 6.06. The summed E-state index contributed by atoms with van der Waals surface area (Å²) >= 11 is 1.59. The summed E-state index contributed by atoms with van der Waals surface area (Å²) in [5.74, 6) is -0.995. The highest BCUT2D eigenvalue weighted by molar-refractivity contribution is 7.18. The first-order valence-corrected chi connectivity index (χ1v) is 6.88. The van der Waals surface area contributed by atoms with Gasteiger partial charge in [-0.1, -0.05) is 12.1 Å². The smallest absolute Gasteiger partial charge is 0.258 e. The Kier molecular flexibility index (Phi) is 3.20. The second-order valence-electron chi connectivity index (χ2n) is 4.35. The predicted molar refractivity (Wildman–Crippen MR) is 78.7 cm³/mol. The van der Waals surface area contributed by atoms with Gasteiger partial charge in [0.2, 0.25) is 0 Å². The van der Waals surface area contributed by atoms with Gasteiger partial charge in [0.25, 0.3) is 5.91 Å². The number of anilines is 1. The van der Waals surface area contributed by atoms with Crippen LogP contribution in [-0.2, 0) is 0 Å². The molecular formula is C15H11FN2OS. The molecule has 0 aliphatic carbocycles. The number of benzene rings is 2. The van der Waals surface area contributed by atoms with Crippen LogP contribution in [0.4, 0.5) is 10.1 Å². The molecule has 0 bridgehead atoms. The van der Waals surface area contributed by atoms with Gasteiger partial charge in [-0.15, -0.1) is 11.3 Å². The van der Waals surface area contributed by atoms with Crippen LogP contribution in [0.15, 0.2) is 42.5 Å². The molecule has 0 atom stereocenters. The Morgan fingerprint density at radius 1 is 1.25 bits per heavy atom. The zero-order chi connectivity index (χ0) is 14.1. The first-order chi connectivity index (χ1) is 9.63. The number of nitrogens with zero attached hydrogens (tertiary/aromatic N) is 1. The minimum atomic E-state index is -0.532. The first kappa shape index (κ1) is 12.7. The van der Waals surface area contributed by atoms with Gasteiger partial charge in [0.05, 0.1) is 20.8 Å². The highest BCUT2D eigenvalue weighted by atomic mass is 32.1. The van der Waals surface area contributed by atoms with Crippen LogP contribution in [0.3, 0.4) is 0 Å². The lowest BCUT2D eigenvalue weighted by atomic mass is 10.2. The summed E-state index contributed by atoms with van der Waals surface area (Å²) in [5.41, 5.74) is 1.47. The van der Waals surface area contributed by atoms with E-state index >= 15 is 0 Å². The van der Waals surface area contributed by atoms with Crippen LogP contribution in [0.25, 0.3) is 10.2 Å². The van der Waals surface area contributed by atoms with Crippen molar-refractivity contribution >= 4 is 33.1 Å². The summed E-state index contributed by atoms with van der Waals surface area (Å²) in [6, 6.07) is 11.4. The minimum absolute atomic E-state index is 0.0297. The molecule has 100 valence electrons. The van der Waals surface area contributed by atoms with Gasteiger partial charge < -0.3 is 5.32 Å². The molecule has 0 aliphatic rings. The lowest BCUT2D eigenvalue weighted by molar-refractivity contribution is 0.102. The third-order valence-corrected chi connectivity index (χ3v) is 3.82. The maximum atomic E-state index is 13.5. The molecule has 0 radical (unpaired) electrons. The fourth-order valence-electron chi connectivity index (χ4n) is 1.96. The molecule has 1 N–H and O–H groups in total. The van der Waals surface area contributed by atoms with Crippen molar-refractivity contribution in [1.82, 2.24) is 4.98 Å². The number of hydrogen-bond donors (Lipinski definition) is 1. The van der Waals surface area contributed by atoms with E-state index in [9.17, 15) is 9.18 Å². The lowest BCUT2D eigenvalue weighted by Gasteiger charge is -2.05. The Labute approximate surface area is 119 Å². The Bertz CT molecular complexity index is 797. The molecule has 3 aromatic rings. The summed E-state index contributed by atoms with van der Waals surface area (Å²) in [4.78, 5) is 16.4. The van der Waals surface area contributed by atoms with Crippen molar-refractivity contribution in [1.29, 1.82) is 0 Å². The maximum absolute atomic E-state index is 13.5. The molecule has 0 saturated heterocycles. The van der Waals surface area contributed by atoms with Gasteiger partial charge in [0.15, 0.2) is 0 Å². The van der Waals surface area contributed by atoms with Gasteiger partial charge >= 0.3 is 0 Å². The number of carbonyl (C=O) groups is 1. The third kappa shape index (κ3) is 2.40. The standard InChI is InChI=1S/C15H11FN2OS/c1-9-17-13-8-10(6-7-14(13)20-9)18-15(19)11-4-2-3-5-12(11)16/h2-8H,1H3,(H,18,19). The normalized spacial score (nSPS) is 10.7. The summed E-state index contributed by atoms with van der Waals surface area (Å²) in [7, 11) is 0. The molecule has 5 heteroatoms. The van der Waals surface area contributed by atoms with E-state index in [0.717, 1.165) is 15.2 Å². The number of nitrogens with one attached hydrogen (secondary N) is 1. The van der Waals surface area contributed by atoms with Crippen LogP contribution in [-0.4, -0.2) is 10.9 Å². The van der Waals surface area contributed by atoms with Crippen molar-refractivity contribution in [2.24, 2.45) is 0 Å². The summed E-state index contributed by atoms with van der Waals surface area (Å²) in [6.07, 6.45) is 0. The number of hydrogen-bond acceptors (Lipinski definition) is 3. The fraction of sp³-hybridized carbons (Fsp3) is 0.0667. The van der Waals surface area contributed by atoms with Crippen LogP contribution in [0.1, 0.15) is 15.4 Å². The predicted octanol–water partition coefficient (Wildman–Crippen LogP) is 4.00. The average molecular weight is 286 g/mol. The minimum Gasteiger partial charge on any atom is -0.322 e. The second-order valence-corrected chi connectivity index (χ2v) is 5.58. The van der Waals surface area contributed by atoms with Crippen molar-refractivity contribution in [3.63, 3.8) is 0 Å². The lowest BCUT2D eigenvalue weighted by Crippen LogP contribution is -2.13. The van der Waals surface area contributed by atoms with Gasteiger partial charge in [0.1, 0.15) is 5.82 Å². The van der Waals surface area contributed by atoms with Gasteiger partial charge in [0, 0.05) is 5.69 Å². The SMILES string of the molecule is Cc1nc2cc(NC(=O)c3ccccc3F)ccc2s1. The van der Waals surface area contributed by atoms with E-state index in [1.54, 1.807) is 35.6 Å². The number of halogens is 1. The Morgan fingerprint density at radius 2 is 2.05 bits per heavy atom. The van der Waals surface area contributed by atoms with Crippen molar-refractivity contribution in [2.45, 2.75) is 6.92 Å². The molecule has 0 unspecified atom stereocenters. The van der Waals surface area contributed by atoms with E-state index in [0.29, 0.717) is 5.69 Å². The molecule has 3 nitrogen and oxygen atoms in total. The number of thiazole rings is 1. The molecule has 1 aromatic heterocycles. The number of fused-ring (bicyclic) bond motifs is 1. The van der Waals surface area contributed by atoms with E-state index in [1.165, 1.54) is 12.1 Å². The van der Waals surface area contributed by atoms with Crippen LogP contribution in [0.5, 0.6) is 0 Å². The van der Waals surface area contributed by atoms with Crippen molar-refractivity contribution in [3.05, 3.63) is 58.9 Å². The fourth-order valence-corrected chi connectivity index (χ4v) is 2.77. The van der Waals surface area contributed by atoms with E-state index < -0.39 is 11.7 Å². The van der Waals surface area contributed by atoms with Crippen molar-refractivity contribution in [2.75, 3.05) is 5.32 Å². The molecule has 2 aromatic carbocycles. The number of carbonyl (C=O) groups excluding carboxylic acids is 1. The van der Waals surface area contributed by atoms with Gasteiger partial charge in [-0.3, -0.25) is 4.79 Å². The maximum Gasteiger partial charge on any atom is 0.258 e. The molecule has 1 amide bonds. The molecule has 20 heavy (non-hydrogen) atoms. The van der Waals surface area contributed by atoms with E-state index in [-0.39, 0.29) is 5.56 Å². The highest BCUT2D eigenvalue weighted by Gasteiger charge is 2.11. The zero-order valence-corrected chi connectivity index (χ0v) is 11.5. The molecule has 0 aliphatic heterocycles. The molecule has 0 spiro atoms. The third-order valence-electron chi connectivity index (χ3n) is 2.87. The molecular weight excluding hydrogens is 275 g/mol. The van der Waals surface area contributed by atoms with Crippen LogP contribution < -0.4 is 5.32 Å². The van der Waals surface area contributed by atoms with Crippen molar-refractivity contribution < 1.29 is 9.18 Å². The number of rotatable bonds is 2. The Morgan fingerprint density at radius 3 is 2.85 bits per heavy atom. The quantitative estimate of drug-likeness (QED) is 0.773.